The largest absolute Gasteiger partial charge is 0.302 e. The molecule has 1 aliphatic carbocycles. The summed E-state index contributed by atoms with van der Waals surface area (Å²) in [5.74, 6) is 0.974. The third-order valence-electron chi connectivity index (χ3n) is 2.54. The molecule has 2 aliphatic rings. The first-order valence-electron chi connectivity index (χ1n) is 4.13. The maximum Gasteiger partial charge on any atom is 0.0648 e. The van der Waals surface area contributed by atoms with Crippen LogP contribution in [0, 0.1) is 5.92 Å². The SMILES string of the molecule is CC1CNC(C)(C2CC2)S1. The molecule has 2 unspecified atom stereocenters. The number of rotatable bonds is 1. The number of hydrogen-bond acceptors (Lipinski definition) is 2. The Kier molecular flexibility index (Phi) is 1.50. The fourth-order valence-corrected chi connectivity index (χ4v) is 3.32. The van der Waals surface area contributed by atoms with Crippen molar-refractivity contribution in [3.8, 4) is 0 Å². The van der Waals surface area contributed by atoms with Gasteiger partial charge in [-0.2, -0.15) is 0 Å². The van der Waals surface area contributed by atoms with E-state index >= 15 is 0 Å². The van der Waals surface area contributed by atoms with Crippen LogP contribution in [0.2, 0.25) is 0 Å². The summed E-state index contributed by atoms with van der Waals surface area (Å²) in [5, 5.41) is 4.43. The van der Waals surface area contributed by atoms with Gasteiger partial charge in [0.1, 0.15) is 0 Å². The lowest BCUT2D eigenvalue weighted by molar-refractivity contribution is 0.481. The van der Waals surface area contributed by atoms with Crippen LogP contribution in [-0.2, 0) is 0 Å². The molecule has 0 bridgehead atoms. The van der Waals surface area contributed by atoms with E-state index in [0.29, 0.717) is 4.87 Å². The Hall–Kier alpha value is 0.310. The number of hydrogen-bond donors (Lipinski definition) is 1. The first-order chi connectivity index (χ1) is 4.71. The second-order valence-electron chi connectivity index (χ2n) is 3.69. The monoisotopic (exact) mass is 157 g/mol. The van der Waals surface area contributed by atoms with Gasteiger partial charge < -0.3 is 5.32 Å². The average molecular weight is 157 g/mol. The molecule has 2 fully saturated rings. The molecule has 1 nitrogen and oxygen atoms in total. The molecule has 1 heterocycles. The van der Waals surface area contributed by atoms with E-state index in [0.717, 1.165) is 11.2 Å². The van der Waals surface area contributed by atoms with Gasteiger partial charge in [-0.1, -0.05) is 6.92 Å². The van der Waals surface area contributed by atoms with Crippen LogP contribution < -0.4 is 5.32 Å². The second-order valence-corrected chi connectivity index (χ2v) is 5.58. The van der Waals surface area contributed by atoms with Crippen molar-refractivity contribution >= 4 is 11.8 Å². The minimum absolute atomic E-state index is 0.444. The van der Waals surface area contributed by atoms with E-state index in [2.05, 4.69) is 30.9 Å². The molecule has 0 aromatic carbocycles. The van der Waals surface area contributed by atoms with E-state index < -0.39 is 0 Å². The zero-order valence-electron chi connectivity index (χ0n) is 6.68. The van der Waals surface area contributed by atoms with Gasteiger partial charge in [-0.05, 0) is 25.7 Å². The van der Waals surface area contributed by atoms with E-state index in [1.807, 2.05) is 0 Å². The van der Waals surface area contributed by atoms with Gasteiger partial charge in [0.05, 0.1) is 4.87 Å². The fraction of sp³-hybridized carbons (Fsp3) is 1.00. The van der Waals surface area contributed by atoms with Crippen molar-refractivity contribution in [1.82, 2.24) is 5.32 Å². The van der Waals surface area contributed by atoms with E-state index in [-0.39, 0.29) is 0 Å². The van der Waals surface area contributed by atoms with Crippen LogP contribution in [0.5, 0.6) is 0 Å². The summed E-state index contributed by atoms with van der Waals surface area (Å²) in [4.78, 5) is 0.444. The van der Waals surface area contributed by atoms with E-state index in [1.165, 1.54) is 19.4 Å². The molecule has 2 heteroatoms. The van der Waals surface area contributed by atoms with E-state index in [1.54, 1.807) is 0 Å². The van der Waals surface area contributed by atoms with Gasteiger partial charge >= 0.3 is 0 Å². The molecule has 0 aromatic rings. The average Bonchev–Trinajstić information content (AvgIpc) is 2.62. The van der Waals surface area contributed by atoms with Crippen molar-refractivity contribution in [2.75, 3.05) is 6.54 Å². The van der Waals surface area contributed by atoms with Gasteiger partial charge in [-0.15, -0.1) is 11.8 Å². The maximum absolute atomic E-state index is 3.61. The predicted molar refractivity (Wildman–Crippen MR) is 46.2 cm³/mol. The molecule has 1 aliphatic heterocycles. The molecule has 2 rings (SSSR count). The molecule has 0 spiro atoms. The van der Waals surface area contributed by atoms with Crippen molar-refractivity contribution < 1.29 is 0 Å². The highest BCUT2D eigenvalue weighted by Gasteiger charge is 2.45. The summed E-state index contributed by atoms with van der Waals surface area (Å²) < 4.78 is 0. The number of thioether (sulfide) groups is 1. The fourth-order valence-electron chi connectivity index (χ4n) is 1.72. The Labute approximate surface area is 67.0 Å². The van der Waals surface area contributed by atoms with Crippen LogP contribution in [-0.4, -0.2) is 16.7 Å². The molecule has 58 valence electrons. The molecule has 2 atom stereocenters. The van der Waals surface area contributed by atoms with Gasteiger partial charge in [0, 0.05) is 11.8 Å². The van der Waals surface area contributed by atoms with Crippen molar-refractivity contribution in [2.24, 2.45) is 5.92 Å². The van der Waals surface area contributed by atoms with Crippen molar-refractivity contribution in [2.45, 2.75) is 36.8 Å². The van der Waals surface area contributed by atoms with Crippen LogP contribution in [0.1, 0.15) is 26.7 Å². The lowest BCUT2D eigenvalue weighted by atomic mass is 10.2. The first-order valence-corrected chi connectivity index (χ1v) is 5.01. The quantitative estimate of drug-likeness (QED) is 0.623. The topological polar surface area (TPSA) is 12.0 Å². The Morgan fingerprint density at radius 1 is 1.50 bits per heavy atom. The van der Waals surface area contributed by atoms with Crippen LogP contribution in [0.15, 0.2) is 0 Å². The minimum Gasteiger partial charge on any atom is -0.302 e. The molecule has 0 amide bonds. The summed E-state index contributed by atoms with van der Waals surface area (Å²) in [5.41, 5.74) is 0. The van der Waals surface area contributed by atoms with Gasteiger partial charge in [0.2, 0.25) is 0 Å². The van der Waals surface area contributed by atoms with Crippen LogP contribution in [0.3, 0.4) is 0 Å². The lowest BCUT2D eigenvalue weighted by Gasteiger charge is -2.22. The molecule has 0 aromatic heterocycles. The van der Waals surface area contributed by atoms with Crippen LogP contribution in [0.4, 0.5) is 0 Å². The second kappa shape index (κ2) is 2.15. The Morgan fingerprint density at radius 3 is 2.60 bits per heavy atom. The van der Waals surface area contributed by atoms with Gasteiger partial charge in [-0.3, -0.25) is 0 Å². The normalized spacial score (nSPS) is 48.0. The first kappa shape index (κ1) is 6.99. The molecule has 1 saturated heterocycles. The molecule has 0 radical (unpaired) electrons. The third kappa shape index (κ3) is 1.08. The Bertz CT molecular complexity index is 144. The van der Waals surface area contributed by atoms with Crippen molar-refractivity contribution in [1.29, 1.82) is 0 Å². The number of nitrogens with one attached hydrogen (secondary N) is 1. The van der Waals surface area contributed by atoms with E-state index in [9.17, 15) is 0 Å². The van der Waals surface area contributed by atoms with Gasteiger partial charge in [0.25, 0.3) is 0 Å². The molecule has 1 N–H and O–H groups in total. The summed E-state index contributed by atoms with van der Waals surface area (Å²) in [6, 6.07) is 0. The highest BCUT2D eigenvalue weighted by atomic mass is 32.2. The molecular formula is C8H15NS. The maximum atomic E-state index is 3.61. The third-order valence-corrected chi connectivity index (χ3v) is 4.08. The van der Waals surface area contributed by atoms with Crippen LogP contribution >= 0.6 is 11.8 Å². The molecular weight excluding hydrogens is 142 g/mol. The lowest BCUT2D eigenvalue weighted by Crippen LogP contribution is -2.35. The summed E-state index contributed by atoms with van der Waals surface area (Å²) in [6.45, 7) is 5.88. The summed E-state index contributed by atoms with van der Waals surface area (Å²) in [7, 11) is 0. The molecule has 1 saturated carbocycles. The van der Waals surface area contributed by atoms with Crippen molar-refractivity contribution in [3.63, 3.8) is 0 Å². The minimum atomic E-state index is 0.444. The van der Waals surface area contributed by atoms with Crippen molar-refractivity contribution in [3.05, 3.63) is 0 Å². The summed E-state index contributed by atoms with van der Waals surface area (Å²) >= 11 is 2.13. The van der Waals surface area contributed by atoms with Gasteiger partial charge in [0.15, 0.2) is 0 Å². The summed E-state index contributed by atoms with van der Waals surface area (Å²) in [6.07, 6.45) is 2.90. The predicted octanol–water partition coefficient (Wildman–Crippen LogP) is 1.84. The zero-order chi connectivity index (χ0) is 7.19. The standard InChI is InChI=1S/C8H15NS/c1-6-5-9-8(2,10-6)7-3-4-7/h6-7,9H,3-5H2,1-2H3. The zero-order valence-corrected chi connectivity index (χ0v) is 7.50. The van der Waals surface area contributed by atoms with E-state index in [4.69, 9.17) is 0 Å². The Morgan fingerprint density at radius 2 is 2.20 bits per heavy atom. The smallest absolute Gasteiger partial charge is 0.0648 e. The van der Waals surface area contributed by atoms with Crippen LogP contribution in [0.25, 0.3) is 0 Å². The highest BCUT2D eigenvalue weighted by Crippen LogP contribution is 2.49. The Balaban J connectivity index is 2.01. The van der Waals surface area contributed by atoms with Gasteiger partial charge in [-0.25, -0.2) is 0 Å². The highest BCUT2D eigenvalue weighted by molar-refractivity contribution is 8.01. The molecule has 10 heavy (non-hydrogen) atoms.